The highest BCUT2D eigenvalue weighted by atomic mass is 16.4. The molecule has 0 amide bonds. The lowest BCUT2D eigenvalue weighted by atomic mass is 10.1. The van der Waals surface area contributed by atoms with E-state index in [1.165, 1.54) is 0 Å². The Morgan fingerprint density at radius 2 is 2.12 bits per heavy atom. The first-order chi connectivity index (χ1) is 7.77. The van der Waals surface area contributed by atoms with Crippen molar-refractivity contribution in [2.75, 3.05) is 0 Å². The minimum Gasteiger partial charge on any atom is -0.478 e. The van der Waals surface area contributed by atoms with Gasteiger partial charge in [0.1, 0.15) is 0 Å². The highest BCUT2D eigenvalue weighted by Gasteiger charge is 2.01. The maximum absolute atomic E-state index is 10.5. The maximum atomic E-state index is 10.5. The van der Waals surface area contributed by atoms with Gasteiger partial charge in [0, 0.05) is 24.0 Å². The van der Waals surface area contributed by atoms with E-state index in [2.05, 4.69) is 5.10 Å². The summed E-state index contributed by atoms with van der Waals surface area (Å²) in [6.07, 6.45) is 6.16. The number of carboxylic acid groups (broad SMARTS) is 1. The molecule has 1 aromatic carbocycles. The Labute approximate surface area is 92.5 Å². The topological polar surface area (TPSA) is 55.1 Å². The van der Waals surface area contributed by atoms with Gasteiger partial charge >= 0.3 is 5.97 Å². The summed E-state index contributed by atoms with van der Waals surface area (Å²) in [7, 11) is 0. The molecule has 0 unspecified atom stereocenters. The van der Waals surface area contributed by atoms with Crippen LogP contribution in [0.2, 0.25) is 0 Å². The van der Waals surface area contributed by atoms with Gasteiger partial charge in [0.2, 0.25) is 0 Å². The summed E-state index contributed by atoms with van der Waals surface area (Å²) in [5.41, 5.74) is 1.67. The first-order valence-corrected chi connectivity index (χ1v) is 4.77. The summed E-state index contributed by atoms with van der Waals surface area (Å²) in [5.74, 6) is -0.963. The van der Waals surface area contributed by atoms with Crippen LogP contribution in [0.5, 0.6) is 0 Å². The maximum Gasteiger partial charge on any atom is 0.328 e. The molecule has 0 radical (unpaired) electrons. The molecule has 0 aliphatic carbocycles. The summed E-state index contributed by atoms with van der Waals surface area (Å²) < 4.78 is 1.70. The largest absolute Gasteiger partial charge is 0.478 e. The van der Waals surface area contributed by atoms with E-state index in [1.807, 2.05) is 36.5 Å². The van der Waals surface area contributed by atoms with Gasteiger partial charge in [0.25, 0.3) is 0 Å². The summed E-state index contributed by atoms with van der Waals surface area (Å²) in [4.78, 5) is 10.5. The number of aliphatic carboxylic acids is 1. The standard InChI is InChI=1S/C12H10N2O2/c15-12(16)7-6-10-4-1-2-5-11(10)14-9-3-8-13-14/h1-9H,(H,15,16)/b7-6-. The van der Waals surface area contributed by atoms with E-state index < -0.39 is 5.97 Å². The molecule has 0 bridgehead atoms. The minimum absolute atomic E-state index is 0.814. The van der Waals surface area contributed by atoms with Gasteiger partial charge in [0.15, 0.2) is 0 Å². The molecule has 1 heterocycles. The predicted molar refractivity (Wildman–Crippen MR) is 60.2 cm³/mol. The van der Waals surface area contributed by atoms with Crippen molar-refractivity contribution in [1.29, 1.82) is 0 Å². The van der Waals surface area contributed by atoms with Crippen LogP contribution >= 0.6 is 0 Å². The molecule has 0 fully saturated rings. The van der Waals surface area contributed by atoms with E-state index in [0.717, 1.165) is 17.3 Å². The summed E-state index contributed by atoms with van der Waals surface area (Å²) in [5, 5.41) is 12.7. The molecule has 0 atom stereocenters. The van der Waals surface area contributed by atoms with Crippen molar-refractivity contribution in [2.45, 2.75) is 0 Å². The molecule has 4 heteroatoms. The molecule has 1 aromatic heterocycles. The van der Waals surface area contributed by atoms with E-state index in [-0.39, 0.29) is 0 Å². The van der Waals surface area contributed by atoms with Crippen molar-refractivity contribution in [2.24, 2.45) is 0 Å². The molecular formula is C12H10N2O2. The van der Waals surface area contributed by atoms with Crippen molar-refractivity contribution in [3.63, 3.8) is 0 Å². The van der Waals surface area contributed by atoms with Gasteiger partial charge in [-0.25, -0.2) is 9.48 Å². The molecule has 16 heavy (non-hydrogen) atoms. The number of carbonyl (C=O) groups is 1. The van der Waals surface area contributed by atoms with Crippen molar-refractivity contribution in [3.05, 3.63) is 54.4 Å². The third-order valence-electron chi connectivity index (χ3n) is 2.09. The molecule has 0 aliphatic heterocycles. The monoisotopic (exact) mass is 214 g/mol. The molecule has 0 saturated heterocycles. The Bertz CT molecular complexity index is 516. The fraction of sp³-hybridized carbons (Fsp3) is 0. The average Bonchev–Trinajstić information content (AvgIpc) is 2.80. The second-order valence-electron chi connectivity index (χ2n) is 3.18. The van der Waals surface area contributed by atoms with Crippen molar-refractivity contribution >= 4 is 12.0 Å². The zero-order chi connectivity index (χ0) is 11.4. The molecular weight excluding hydrogens is 204 g/mol. The van der Waals surface area contributed by atoms with E-state index in [0.29, 0.717) is 0 Å². The first kappa shape index (κ1) is 10.2. The molecule has 2 aromatic rings. The zero-order valence-electron chi connectivity index (χ0n) is 8.45. The van der Waals surface area contributed by atoms with Crippen LogP contribution in [0.15, 0.2) is 48.8 Å². The SMILES string of the molecule is O=C(O)/C=C\c1ccccc1-n1cccn1. The van der Waals surface area contributed by atoms with E-state index in [1.54, 1.807) is 17.0 Å². The van der Waals surface area contributed by atoms with Gasteiger partial charge in [-0.05, 0) is 18.2 Å². The number of hydrogen-bond donors (Lipinski definition) is 1. The number of nitrogens with zero attached hydrogens (tertiary/aromatic N) is 2. The Kier molecular flexibility index (Phi) is 2.82. The van der Waals surface area contributed by atoms with E-state index in [4.69, 9.17) is 5.11 Å². The second-order valence-corrected chi connectivity index (χ2v) is 3.18. The number of benzene rings is 1. The lowest BCUT2D eigenvalue weighted by molar-refractivity contribution is -0.131. The van der Waals surface area contributed by atoms with E-state index in [9.17, 15) is 4.79 Å². The predicted octanol–water partition coefficient (Wildman–Crippen LogP) is 1.97. The Morgan fingerprint density at radius 3 is 2.81 bits per heavy atom. The summed E-state index contributed by atoms with van der Waals surface area (Å²) in [6, 6.07) is 9.28. The average molecular weight is 214 g/mol. The quantitative estimate of drug-likeness (QED) is 0.795. The van der Waals surface area contributed by atoms with Crippen LogP contribution in [0.3, 0.4) is 0 Å². The van der Waals surface area contributed by atoms with Gasteiger partial charge in [0.05, 0.1) is 5.69 Å². The molecule has 0 aliphatic rings. The fourth-order valence-electron chi connectivity index (χ4n) is 1.41. The summed E-state index contributed by atoms with van der Waals surface area (Å²) >= 11 is 0. The Morgan fingerprint density at radius 1 is 1.31 bits per heavy atom. The molecule has 4 nitrogen and oxygen atoms in total. The van der Waals surface area contributed by atoms with Gasteiger partial charge in [-0.3, -0.25) is 0 Å². The Hall–Kier alpha value is -2.36. The zero-order valence-corrected chi connectivity index (χ0v) is 8.45. The van der Waals surface area contributed by atoms with E-state index >= 15 is 0 Å². The van der Waals surface area contributed by atoms with Gasteiger partial charge in [-0.15, -0.1) is 0 Å². The number of carboxylic acids is 1. The van der Waals surface area contributed by atoms with Gasteiger partial charge in [-0.2, -0.15) is 5.10 Å². The number of aromatic nitrogens is 2. The van der Waals surface area contributed by atoms with Gasteiger partial charge in [-0.1, -0.05) is 18.2 Å². The fourth-order valence-corrected chi connectivity index (χ4v) is 1.41. The van der Waals surface area contributed by atoms with Crippen LogP contribution in [0.25, 0.3) is 11.8 Å². The van der Waals surface area contributed by atoms with Crippen molar-refractivity contribution in [3.8, 4) is 5.69 Å². The third-order valence-corrected chi connectivity index (χ3v) is 2.09. The first-order valence-electron chi connectivity index (χ1n) is 4.77. The lowest BCUT2D eigenvalue weighted by Gasteiger charge is -2.04. The molecule has 80 valence electrons. The van der Waals surface area contributed by atoms with Crippen LogP contribution in [0.1, 0.15) is 5.56 Å². The van der Waals surface area contributed by atoms with Crippen LogP contribution in [-0.4, -0.2) is 20.9 Å². The normalized spacial score (nSPS) is 10.8. The van der Waals surface area contributed by atoms with Crippen LogP contribution in [0, 0.1) is 0 Å². The van der Waals surface area contributed by atoms with Gasteiger partial charge < -0.3 is 5.11 Å². The number of hydrogen-bond acceptors (Lipinski definition) is 2. The lowest BCUT2D eigenvalue weighted by Crippen LogP contribution is -1.97. The molecule has 2 rings (SSSR count). The van der Waals surface area contributed by atoms with Crippen LogP contribution < -0.4 is 0 Å². The van der Waals surface area contributed by atoms with Crippen molar-refractivity contribution in [1.82, 2.24) is 9.78 Å². The number of rotatable bonds is 3. The molecule has 0 saturated carbocycles. The number of para-hydroxylation sites is 1. The van der Waals surface area contributed by atoms with Crippen molar-refractivity contribution < 1.29 is 9.90 Å². The summed E-state index contributed by atoms with van der Waals surface area (Å²) in [6.45, 7) is 0. The smallest absolute Gasteiger partial charge is 0.328 e. The third kappa shape index (κ3) is 2.17. The van der Waals surface area contributed by atoms with Crippen LogP contribution in [0.4, 0.5) is 0 Å². The second kappa shape index (κ2) is 4.44. The minimum atomic E-state index is -0.963. The Balaban J connectivity index is 2.42. The highest BCUT2D eigenvalue weighted by molar-refractivity contribution is 5.86. The highest BCUT2D eigenvalue weighted by Crippen LogP contribution is 2.14. The van der Waals surface area contributed by atoms with Crippen LogP contribution in [-0.2, 0) is 4.79 Å². The molecule has 0 spiro atoms. The molecule has 1 N–H and O–H groups in total.